The summed E-state index contributed by atoms with van der Waals surface area (Å²) < 4.78 is 4.53. The molecule has 0 atom stereocenters. The molecule has 1 rings (SSSR count). The molecule has 0 aromatic carbocycles. The average Bonchev–Trinajstić information content (AvgIpc) is 2.42. The highest BCUT2D eigenvalue weighted by Gasteiger charge is 2.06. The summed E-state index contributed by atoms with van der Waals surface area (Å²) in [6.45, 7) is 0.532. The van der Waals surface area contributed by atoms with Gasteiger partial charge in [0.05, 0.1) is 19.5 Å². The Labute approximate surface area is 116 Å². The summed E-state index contributed by atoms with van der Waals surface area (Å²) in [7, 11) is 1.37. The zero-order chi connectivity index (χ0) is 14.1. The van der Waals surface area contributed by atoms with Gasteiger partial charge in [0.25, 0.3) is 5.91 Å². The molecule has 0 saturated carbocycles. The number of esters is 1. The summed E-state index contributed by atoms with van der Waals surface area (Å²) in [6, 6.07) is 0. The molecular weight excluding hydrogens is 270 g/mol. The maximum Gasteiger partial charge on any atom is 0.305 e. The first kappa shape index (κ1) is 15.4. The topological polar surface area (TPSA) is 81.2 Å². The molecule has 0 aliphatic rings. The van der Waals surface area contributed by atoms with Crippen molar-refractivity contribution in [2.45, 2.75) is 25.7 Å². The zero-order valence-electron chi connectivity index (χ0n) is 10.7. The van der Waals surface area contributed by atoms with E-state index in [-0.39, 0.29) is 22.7 Å². The van der Waals surface area contributed by atoms with Crippen LogP contribution >= 0.6 is 11.6 Å². The van der Waals surface area contributed by atoms with Gasteiger partial charge >= 0.3 is 5.97 Å². The molecule has 1 N–H and O–H groups in total. The lowest BCUT2D eigenvalue weighted by atomic mass is 10.2. The number of amides is 1. The fraction of sp³-hybridized carbons (Fsp3) is 0.500. The molecule has 19 heavy (non-hydrogen) atoms. The molecule has 0 fully saturated rings. The molecule has 0 bridgehead atoms. The van der Waals surface area contributed by atoms with E-state index in [2.05, 4.69) is 20.0 Å². The SMILES string of the molecule is COC(=O)CCCCCNC(=O)c1cnc(Cl)cn1. The number of ether oxygens (including phenoxy) is 1. The molecule has 1 aromatic heterocycles. The number of carbonyl (C=O) groups is 2. The van der Waals surface area contributed by atoms with Crippen molar-refractivity contribution in [2.75, 3.05) is 13.7 Å². The van der Waals surface area contributed by atoms with Crippen molar-refractivity contribution >= 4 is 23.5 Å². The predicted molar refractivity (Wildman–Crippen MR) is 69.9 cm³/mol. The molecule has 0 aliphatic carbocycles. The number of carbonyl (C=O) groups excluding carboxylic acids is 2. The minimum absolute atomic E-state index is 0.208. The second-order valence-electron chi connectivity index (χ2n) is 3.87. The van der Waals surface area contributed by atoms with Gasteiger partial charge in [0, 0.05) is 13.0 Å². The van der Waals surface area contributed by atoms with Crippen molar-refractivity contribution in [1.82, 2.24) is 15.3 Å². The number of rotatable bonds is 7. The van der Waals surface area contributed by atoms with E-state index in [0.717, 1.165) is 19.3 Å². The quantitative estimate of drug-likeness (QED) is 0.608. The monoisotopic (exact) mass is 285 g/mol. The van der Waals surface area contributed by atoms with Gasteiger partial charge in [-0.3, -0.25) is 9.59 Å². The Bertz CT molecular complexity index is 423. The lowest BCUT2D eigenvalue weighted by molar-refractivity contribution is -0.140. The van der Waals surface area contributed by atoms with Crippen LogP contribution in [0.3, 0.4) is 0 Å². The molecule has 0 radical (unpaired) electrons. The Morgan fingerprint density at radius 2 is 2.05 bits per heavy atom. The van der Waals surface area contributed by atoms with E-state index in [0.29, 0.717) is 13.0 Å². The Morgan fingerprint density at radius 3 is 2.68 bits per heavy atom. The van der Waals surface area contributed by atoms with E-state index in [1.165, 1.54) is 19.5 Å². The van der Waals surface area contributed by atoms with Crippen molar-refractivity contribution in [1.29, 1.82) is 0 Å². The molecule has 1 amide bonds. The Balaban J connectivity index is 2.14. The van der Waals surface area contributed by atoms with Crippen molar-refractivity contribution < 1.29 is 14.3 Å². The van der Waals surface area contributed by atoms with Crippen LogP contribution in [0.1, 0.15) is 36.2 Å². The van der Waals surface area contributed by atoms with E-state index in [4.69, 9.17) is 11.6 Å². The Hall–Kier alpha value is -1.69. The van der Waals surface area contributed by atoms with Gasteiger partial charge in [0.2, 0.25) is 0 Å². The van der Waals surface area contributed by atoms with Gasteiger partial charge in [-0.2, -0.15) is 0 Å². The fourth-order valence-electron chi connectivity index (χ4n) is 1.40. The first-order valence-corrected chi connectivity index (χ1v) is 6.34. The molecule has 1 aromatic rings. The van der Waals surface area contributed by atoms with Gasteiger partial charge < -0.3 is 10.1 Å². The smallest absolute Gasteiger partial charge is 0.305 e. The van der Waals surface area contributed by atoms with Gasteiger partial charge in [-0.1, -0.05) is 18.0 Å². The molecule has 0 saturated heterocycles. The van der Waals surface area contributed by atoms with Gasteiger partial charge in [-0.15, -0.1) is 0 Å². The van der Waals surface area contributed by atoms with Gasteiger partial charge in [0.15, 0.2) is 0 Å². The average molecular weight is 286 g/mol. The van der Waals surface area contributed by atoms with Crippen LogP contribution in [0.4, 0.5) is 0 Å². The number of hydrogen-bond acceptors (Lipinski definition) is 5. The van der Waals surface area contributed by atoms with Crippen LogP contribution in [-0.4, -0.2) is 35.5 Å². The number of nitrogens with one attached hydrogen (secondary N) is 1. The van der Waals surface area contributed by atoms with Crippen LogP contribution < -0.4 is 5.32 Å². The standard InChI is InChI=1S/C12H16ClN3O3/c1-19-11(17)5-3-2-4-6-14-12(18)9-7-16-10(13)8-15-9/h7-8H,2-6H2,1H3,(H,14,18). The Kier molecular flexibility index (Phi) is 6.81. The Morgan fingerprint density at radius 1 is 1.26 bits per heavy atom. The van der Waals surface area contributed by atoms with Crippen LogP contribution in [0.2, 0.25) is 5.15 Å². The van der Waals surface area contributed by atoms with Crippen LogP contribution in [0, 0.1) is 0 Å². The van der Waals surface area contributed by atoms with Crippen LogP contribution in [0.15, 0.2) is 12.4 Å². The van der Waals surface area contributed by atoms with Crippen LogP contribution in [-0.2, 0) is 9.53 Å². The molecule has 104 valence electrons. The van der Waals surface area contributed by atoms with E-state index in [1.54, 1.807) is 0 Å². The number of halogens is 1. The van der Waals surface area contributed by atoms with Crippen LogP contribution in [0.5, 0.6) is 0 Å². The van der Waals surface area contributed by atoms with Gasteiger partial charge in [-0.05, 0) is 12.8 Å². The zero-order valence-corrected chi connectivity index (χ0v) is 11.4. The summed E-state index contributed by atoms with van der Waals surface area (Å²) >= 11 is 5.57. The number of hydrogen-bond donors (Lipinski definition) is 1. The summed E-state index contributed by atoms with van der Waals surface area (Å²) in [6.07, 6.45) is 5.46. The molecule has 6 nitrogen and oxygen atoms in total. The summed E-state index contributed by atoms with van der Waals surface area (Å²) in [4.78, 5) is 30.1. The molecule has 1 heterocycles. The van der Waals surface area contributed by atoms with Gasteiger partial charge in [0.1, 0.15) is 10.8 Å². The third-order valence-corrected chi connectivity index (χ3v) is 2.62. The minimum atomic E-state index is -0.280. The highest BCUT2D eigenvalue weighted by Crippen LogP contribution is 2.02. The second-order valence-corrected chi connectivity index (χ2v) is 4.25. The molecule has 7 heteroatoms. The summed E-state index contributed by atoms with van der Waals surface area (Å²) in [5.74, 6) is -0.488. The minimum Gasteiger partial charge on any atom is -0.469 e. The van der Waals surface area contributed by atoms with E-state index >= 15 is 0 Å². The van der Waals surface area contributed by atoms with Gasteiger partial charge in [-0.25, -0.2) is 9.97 Å². The lowest BCUT2D eigenvalue weighted by Crippen LogP contribution is -2.25. The first-order chi connectivity index (χ1) is 9.13. The van der Waals surface area contributed by atoms with E-state index < -0.39 is 0 Å². The largest absolute Gasteiger partial charge is 0.469 e. The lowest BCUT2D eigenvalue weighted by Gasteiger charge is -2.04. The third-order valence-electron chi connectivity index (χ3n) is 2.42. The third kappa shape index (κ3) is 6.15. The molecule has 0 unspecified atom stereocenters. The number of methoxy groups -OCH3 is 1. The highest BCUT2D eigenvalue weighted by atomic mass is 35.5. The van der Waals surface area contributed by atoms with E-state index in [9.17, 15) is 9.59 Å². The van der Waals surface area contributed by atoms with Crippen molar-refractivity contribution in [2.24, 2.45) is 0 Å². The fourth-order valence-corrected chi connectivity index (χ4v) is 1.49. The summed E-state index contributed by atoms with van der Waals surface area (Å²) in [5, 5.41) is 2.97. The molecule has 0 spiro atoms. The highest BCUT2D eigenvalue weighted by molar-refractivity contribution is 6.29. The second kappa shape index (κ2) is 8.42. The van der Waals surface area contributed by atoms with E-state index in [1.807, 2.05) is 0 Å². The molecule has 0 aliphatic heterocycles. The maximum absolute atomic E-state index is 11.6. The normalized spacial score (nSPS) is 10.0. The number of nitrogens with zero attached hydrogens (tertiary/aromatic N) is 2. The first-order valence-electron chi connectivity index (χ1n) is 5.96. The summed E-state index contributed by atoms with van der Waals surface area (Å²) in [5.41, 5.74) is 0.235. The van der Waals surface area contributed by atoms with Crippen LogP contribution in [0.25, 0.3) is 0 Å². The predicted octanol–water partition coefficient (Wildman–Crippen LogP) is 1.59. The van der Waals surface area contributed by atoms with Crippen molar-refractivity contribution in [3.8, 4) is 0 Å². The maximum atomic E-state index is 11.6. The van der Waals surface area contributed by atoms with Crippen molar-refractivity contribution in [3.05, 3.63) is 23.2 Å². The van der Waals surface area contributed by atoms with Crippen molar-refractivity contribution in [3.63, 3.8) is 0 Å². The number of aromatic nitrogens is 2. The molecular formula is C12H16ClN3O3. The number of unbranched alkanes of at least 4 members (excludes halogenated alkanes) is 2.